The number of aromatic nitrogens is 2. The molecule has 0 radical (unpaired) electrons. The number of nitrogens with one attached hydrogen (secondary N) is 2. The van der Waals surface area contributed by atoms with E-state index in [9.17, 15) is 18.0 Å². The summed E-state index contributed by atoms with van der Waals surface area (Å²) >= 11 is 0. The normalized spacial score (nSPS) is 11.0. The first-order valence-electron chi connectivity index (χ1n) is 5.89. The molecule has 2 aromatic heterocycles. The minimum Gasteiger partial charge on any atom is -0.372 e. The van der Waals surface area contributed by atoms with Gasteiger partial charge < -0.3 is 10.6 Å². The predicted octanol–water partition coefficient (Wildman–Crippen LogP) is 2.79. The Balaban J connectivity index is 2.16. The fraction of sp³-hybridized carbons (Fsp3) is 0.154. The lowest BCUT2D eigenvalue weighted by Crippen LogP contribution is -2.15. The summed E-state index contributed by atoms with van der Waals surface area (Å²) in [5.41, 5.74) is -0.573. The van der Waals surface area contributed by atoms with Crippen LogP contribution in [-0.4, -0.2) is 22.9 Å². The molecule has 0 aliphatic carbocycles. The molecule has 0 aliphatic heterocycles. The standard InChI is InChI=1S/C13H11F3N4O/c1-17-11-9(3-2-6-18-11)12(21)20-8-4-5-10(19-7-8)13(14,15)16/h2-7H,1H3,(H,17,18)(H,20,21). The molecule has 2 rings (SSSR count). The number of alkyl halides is 3. The van der Waals surface area contributed by atoms with Gasteiger partial charge in [-0.1, -0.05) is 0 Å². The highest BCUT2D eigenvalue weighted by Crippen LogP contribution is 2.27. The van der Waals surface area contributed by atoms with E-state index in [1.807, 2.05) is 0 Å². The summed E-state index contributed by atoms with van der Waals surface area (Å²) in [6.45, 7) is 0. The van der Waals surface area contributed by atoms with E-state index in [2.05, 4.69) is 20.6 Å². The predicted molar refractivity (Wildman–Crippen MR) is 71.0 cm³/mol. The third-order valence-corrected chi connectivity index (χ3v) is 2.60. The lowest BCUT2D eigenvalue weighted by Gasteiger charge is -2.09. The van der Waals surface area contributed by atoms with Crippen LogP contribution in [0.15, 0.2) is 36.7 Å². The van der Waals surface area contributed by atoms with E-state index in [1.165, 1.54) is 6.20 Å². The molecule has 21 heavy (non-hydrogen) atoms. The number of halogens is 3. The summed E-state index contributed by atoms with van der Waals surface area (Å²) in [4.78, 5) is 19.3. The van der Waals surface area contributed by atoms with Crippen LogP contribution in [0.5, 0.6) is 0 Å². The van der Waals surface area contributed by atoms with Crippen molar-refractivity contribution in [3.8, 4) is 0 Å². The first kappa shape index (κ1) is 14.8. The van der Waals surface area contributed by atoms with Crippen LogP contribution < -0.4 is 10.6 Å². The summed E-state index contributed by atoms with van der Waals surface area (Å²) in [7, 11) is 1.61. The summed E-state index contributed by atoms with van der Waals surface area (Å²) in [6, 6.07) is 5.08. The summed E-state index contributed by atoms with van der Waals surface area (Å²) in [6.07, 6.45) is -2.04. The van der Waals surface area contributed by atoms with Crippen LogP contribution in [-0.2, 0) is 6.18 Å². The van der Waals surface area contributed by atoms with Gasteiger partial charge in [0.25, 0.3) is 5.91 Å². The van der Waals surface area contributed by atoms with E-state index >= 15 is 0 Å². The van der Waals surface area contributed by atoms with Crippen LogP contribution in [0.25, 0.3) is 0 Å². The van der Waals surface area contributed by atoms with Gasteiger partial charge >= 0.3 is 6.18 Å². The fourth-order valence-corrected chi connectivity index (χ4v) is 1.62. The second kappa shape index (κ2) is 5.78. The van der Waals surface area contributed by atoms with Gasteiger partial charge in [-0.25, -0.2) is 9.97 Å². The minimum atomic E-state index is -4.51. The van der Waals surface area contributed by atoms with Gasteiger partial charge in [0.05, 0.1) is 17.4 Å². The zero-order valence-electron chi connectivity index (χ0n) is 10.9. The van der Waals surface area contributed by atoms with Crippen molar-refractivity contribution in [2.24, 2.45) is 0 Å². The largest absolute Gasteiger partial charge is 0.433 e. The highest BCUT2D eigenvalue weighted by atomic mass is 19.4. The van der Waals surface area contributed by atoms with E-state index in [0.717, 1.165) is 18.3 Å². The molecule has 2 N–H and O–H groups in total. The third kappa shape index (κ3) is 3.47. The monoisotopic (exact) mass is 296 g/mol. The van der Waals surface area contributed by atoms with E-state index in [4.69, 9.17) is 0 Å². The van der Waals surface area contributed by atoms with E-state index in [1.54, 1.807) is 19.2 Å². The molecule has 2 heterocycles. The Morgan fingerprint density at radius 2 is 1.95 bits per heavy atom. The molecule has 0 aliphatic rings. The molecular formula is C13H11F3N4O. The Kier molecular flexibility index (Phi) is 4.06. The number of amides is 1. The molecule has 8 heteroatoms. The minimum absolute atomic E-state index is 0.166. The second-order valence-corrected chi connectivity index (χ2v) is 4.03. The van der Waals surface area contributed by atoms with Gasteiger partial charge in [0, 0.05) is 13.2 Å². The Bertz CT molecular complexity index is 641. The molecule has 0 spiro atoms. The van der Waals surface area contributed by atoms with Crippen molar-refractivity contribution in [1.82, 2.24) is 9.97 Å². The molecule has 0 saturated carbocycles. The first-order chi connectivity index (χ1) is 9.91. The Hall–Kier alpha value is -2.64. The van der Waals surface area contributed by atoms with Gasteiger partial charge in [-0.2, -0.15) is 13.2 Å². The smallest absolute Gasteiger partial charge is 0.372 e. The highest BCUT2D eigenvalue weighted by Gasteiger charge is 2.32. The van der Waals surface area contributed by atoms with Crippen molar-refractivity contribution < 1.29 is 18.0 Å². The molecule has 0 unspecified atom stereocenters. The maximum Gasteiger partial charge on any atom is 0.433 e. The maximum absolute atomic E-state index is 12.4. The molecule has 0 saturated heterocycles. The number of rotatable bonds is 3. The molecule has 2 aromatic rings. The zero-order chi connectivity index (χ0) is 15.5. The van der Waals surface area contributed by atoms with E-state index in [-0.39, 0.29) is 11.3 Å². The second-order valence-electron chi connectivity index (χ2n) is 4.03. The molecule has 0 bridgehead atoms. The summed E-state index contributed by atoms with van der Waals surface area (Å²) in [5, 5.41) is 5.22. The lowest BCUT2D eigenvalue weighted by atomic mass is 10.2. The van der Waals surface area contributed by atoms with Gasteiger partial charge in [-0.15, -0.1) is 0 Å². The average molecular weight is 296 g/mol. The summed E-state index contributed by atoms with van der Waals surface area (Å²) < 4.78 is 37.1. The molecular weight excluding hydrogens is 285 g/mol. The number of anilines is 2. The molecule has 0 aromatic carbocycles. The van der Waals surface area contributed by atoms with Crippen LogP contribution in [0.1, 0.15) is 16.1 Å². The Morgan fingerprint density at radius 1 is 1.19 bits per heavy atom. The van der Waals surface area contributed by atoms with Crippen molar-refractivity contribution in [3.05, 3.63) is 47.9 Å². The number of pyridine rings is 2. The average Bonchev–Trinajstić information content (AvgIpc) is 2.46. The first-order valence-corrected chi connectivity index (χ1v) is 5.89. The third-order valence-electron chi connectivity index (χ3n) is 2.60. The van der Waals surface area contributed by atoms with E-state index < -0.39 is 17.8 Å². The Labute approximate surface area is 118 Å². The SMILES string of the molecule is CNc1ncccc1C(=O)Nc1ccc(C(F)(F)F)nc1. The van der Waals surface area contributed by atoms with Crippen LogP contribution in [0.3, 0.4) is 0 Å². The van der Waals surface area contributed by atoms with E-state index in [0.29, 0.717) is 5.82 Å². The number of hydrogen-bond acceptors (Lipinski definition) is 4. The van der Waals surface area contributed by atoms with Crippen molar-refractivity contribution >= 4 is 17.4 Å². The molecule has 0 atom stereocenters. The number of carbonyl (C=O) groups is 1. The molecule has 0 fully saturated rings. The van der Waals surface area contributed by atoms with Crippen molar-refractivity contribution in [2.45, 2.75) is 6.18 Å². The van der Waals surface area contributed by atoms with Gasteiger partial charge in [-0.05, 0) is 24.3 Å². The van der Waals surface area contributed by atoms with Gasteiger partial charge in [0.1, 0.15) is 11.5 Å². The molecule has 110 valence electrons. The quantitative estimate of drug-likeness (QED) is 0.914. The zero-order valence-corrected chi connectivity index (χ0v) is 10.9. The highest BCUT2D eigenvalue weighted by molar-refractivity contribution is 6.07. The van der Waals surface area contributed by atoms with Crippen molar-refractivity contribution in [1.29, 1.82) is 0 Å². The fourth-order valence-electron chi connectivity index (χ4n) is 1.62. The molecule has 1 amide bonds. The van der Waals surface area contributed by atoms with Gasteiger partial charge in [-0.3, -0.25) is 4.79 Å². The lowest BCUT2D eigenvalue weighted by molar-refractivity contribution is -0.141. The number of hydrogen-bond donors (Lipinski definition) is 2. The topological polar surface area (TPSA) is 66.9 Å². The van der Waals surface area contributed by atoms with Crippen molar-refractivity contribution in [3.63, 3.8) is 0 Å². The Morgan fingerprint density at radius 3 is 2.52 bits per heavy atom. The number of carbonyl (C=O) groups excluding carboxylic acids is 1. The van der Waals surface area contributed by atoms with Crippen LogP contribution in [0, 0.1) is 0 Å². The van der Waals surface area contributed by atoms with Crippen LogP contribution in [0.4, 0.5) is 24.7 Å². The van der Waals surface area contributed by atoms with Gasteiger partial charge in [0.2, 0.25) is 0 Å². The van der Waals surface area contributed by atoms with Crippen LogP contribution >= 0.6 is 0 Å². The van der Waals surface area contributed by atoms with Crippen LogP contribution in [0.2, 0.25) is 0 Å². The number of nitrogens with zero attached hydrogens (tertiary/aromatic N) is 2. The molecule has 5 nitrogen and oxygen atoms in total. The van der Waals surface area contributed by atoms with Gasteiger partial charge in [0.15, 0.2) is 0 Å². The maximum atomic E-state index is 12.4. The summed E-state index contributed by atoms with van der Waals surface area (Å²) in [5.74, 6) is -0.121. The van der Waals surface area contributed by atoms with Crippen molar-refractivity contribution in [2.75, 3.05) is 17.7 Å².